The number of alkyl halides is 3. The van der Waals surface area contributed by atoms with E-state index in [-0.39, 0.29) is 34.1 Å². The van der Waals surface area contributed by atoms with Gasteiger partial charge in [-0.05, 0) is 49.4 Å². The zero-order valence-electron chi connectivity index (χ0n) is 18.9. The molecule has 0 aliphatic carbocycles. The van der Waals surface area contributed by atoms with Crippen molar-refractivity contribution in [2.75, 3.05) is 30.8 Å². The Kier molecular flexibility index (Phi) is 7.02. The normalized spacial score (nSPS) is 20.1. The van der Waals surface area contributed by atoms with E-state index in [1.807, 2.05) is 4.90 Å². The minimum absolute atomic E-state index is 0.0329. The Morgan fingerprint density at radius 1 is 1.11 bits per heavy atom. The molecule has 0 radical (unpaired) electrons. The van der Waals surface area contributed by atoms with Crippen LogP contribution in [0.15, 0.2) is 35.4 Å². The van der Waals surface area contributed by atoms with E-state index in [0.29, 0.717) is 44.5 Å². The Labute approximate surface area is 205 Å². The highest BCUT2D eigenvalue weighted by Gasteiger charge is 2.38. The number of piperidine rings is 1. The number of nitrogens with zero attached hydrogens (tertiary/aromatic N) is 3. The molecule has 0 N–H and O–H groups in total. The molecule has 1 amide bonds. The van der Waals surface area contributed by atoms with Crippen LogP contribution in [0.4, 0.5) is 23.4 Å². The quantitative estimate of drug-likeness (QED) is 0.534. The molecule has 0 spiro atoms. The number of halogens is 5. The number of carbonyl (C=O) groups excluding carboxylic acids is 1. The van der Waals surface area contributed by atoms with Crippen LogP contribution in [0.3, 0.4) is 0 Å². The summed E-state index contributed by atoms with van der Waals surface area (Å²) in [6.07, 6.45) is -0.777. The molecule has 1 atom stereocenters. The number of likely N-dealkylation sites (tertiary alicyclic amines) is 1. The fourth-order valence-corrected chi connectivity index (χ4v) is 5.63. The van der Waals surface area contributed by atoms with Gasteiger partial charge in [0.15, 0.2) is 9.84 Å². The van der Waals surface area contributed by atoms with Crippen LogP contribution in [-0.4, -0.2) is 56.1 Å². The number of sulfone groups is 1. The number of anilines is 1. The van der Waals surface area contributed by atoms with E-state index < -0.39 is 33.3 Å². The van der Waals surface area contributed by atoms with E-state index in [2.05, 4.69) is 4.98 Å². The maximum absolute atomic E-state index is 14.5. The predicted molar refractivity (Wildman–Crippen MR) is 123 cm³/mol. The number of hydrogen-bond donors (Lipinski definition) is 0. The van der Waals surface area contributed by atoms with E-state index in [4.69, 9.17) is 11.6 Å². The van der Waals surface area contributed by atoms with Crippen LogP contribution in [-0.2, 0) is 27.2 Å². The lowest BCUT2D eigenvalue weighted by Crippen LogP contribution is -2.46. The van der Waals surface area contributed by atoms with Crippen LogP contribution in [0.2, 0.25) is 5.02 Å². The highest BCUT2D eigenvalue weighted by atomic mass is 35.5. The van der Waals surface area contributed by atoms with E-state index in [0.717, 1.165) is 24.6 Å². The molecular formula is C23H24ClF4N3O3S. The van der Waals surface area contributed by atoms with Gasteiger partial charge in [-0.25, -0.2) is 17.8 Å². The van der Waals surface area contributed by atoms with Gasteiger partial charge in [0.2, 0.25) is 5.91 Å². The maximum Gasteiger partial charge on any atom is 0.417 e. The summed E-state index contributed by atoms with van der Waals surface area (Å²) in [7, 11) is -3.52. The van der Waals surface area contributed by atoms with E-state index in [1.54, 1.807) is 4.90 Å². The molecular weight excluding hydrogens is 510 g/mol. The molecule has 35 heavy (non-hydrogen) atoms. The van der Waals surface area contributed by atoms with Crippen molar-refractivity contribution in [1.82, 2.24) is 9.88 Å². The number of rotatable bonds is 5. The van der Waals surface area contributed by atoms with Gasteiger partial charge in [-0.15, -0.1) is 0 Å². The van der Waals surface area contributed by atoms with Crippen molar-refractivity contribution in [3.05, 3.63) is 52.4 Å². The van der Waals surface area contributed by atoms with E-state index in [1.165, 1.54) is 12.1 Å². The first kappa shape index (κ1) is 25.7. The average Bonchev–Trinajstić information content (AvgIpc) is 3.14. The number of aromatic nitrogens is 1. The molecule has 2 aliphatic heterocycles. The molecule has 190 valence electrons. The third-order valence-corrected chi connectivity index (χ3v) is 8.01. The van der Waals surface area contributed by atoms with Crippen LogP contribution >= 0.6 is 11.6 Å². The molecule has 0 bridgehead atoms. The SMILES string of the molecule is CS(=O)(=O)c1ccc(C[C@H]2CCN(C3CCN(c4ncc(C(F)(F)F)cc4Cl)CC3)C2=O)c(F)c1. The topological polar surface area (TPSA) is 70.6 Å². The number of hydrogen-bond acceptors (Lipinski definition) is 5. The number of benzene rings is 1. The largest absolute Gasteiger partial charge is 0.417 e. The van der Waals surface area contributed by atoms with Crippen molar-refractivity contribution in [2.45, 2.75) is 42.8 Å². The number of carbonyl (C=O) groups is 1. The second-order valence-electron chi connectivity index (χ2n) is 8.99. The summed E-state index contributed by atoms with van der Waals surface area (Å²) in [4.78, 5) is 20.5. The molecule has 4 rings (SSSR count). The zero-order chi connectivity index (χ0) is 25.5. The smallest absolute Gasteiger partial charge is 0.355 e. The molecule has 0 saturated carbocycles. The second-order valence-corrected chi connectivity index (χ2v) is 11.4. The van der Waals surface area contributed by atoms with Gasteiger partial charge in [0.1, 0.15) is 11.6 Å². The molecule has 2 aromatic rings. The Hall–Kier alpha value is -2.40. The summed E-state index contributed by atoms with van der Waals surface area (Å²) in [5.74, 6) is -0.816. The molecule has 3 heterocycles. The Balaban J connectivity index is 1.36. The van der Waals surface area contributed by atoms with Crippen molar-refractivity contribution >= 4 is 33.2 Å². The van der Waals surface area contributed by atoms with Crippen molar-refractivity contribution in [2.24, 2.45) is 5.92 Å². The Morgan fingerprint density at radius 3 is 2.37 bits per heavy atom. The summed E-state index contributed by atoms with van der Waals surface area (Å²) in [5.41, 5.74) is -0.604. The Bertz CT molecular complexity index is 1230. The maximum atomic E-state index is 14.5. The van der Waals surface area contributed by atoms with Gasteiger partial charge >= 0.3 is 6.18 Å². The van der Waals surface area contributed by atoms with Crippen molar-refractivity contribution in [3.8, 4) is 0 Å². The average molecular weight is 534 g/mol. The van der Waals surface area contributed by atoms with Gasteiger partial charge in [-0.2, -0.15) is 13.2 Å². The van der Waals surface area contributed by atoms with Gasteiger partial charge < -0.3 is 9.80 Å². The molecule has 2 aliphatic rings. The molecule has 6 nitrogen and oxygen atoms in total. The van der Waals surface area contributed by atoms with Crippen LogP contribution in [0.5, 0.6) is 0 Å². The summed E-state index contributed by atoms with van der Waals surface area (Å²) in [5, 5.41) is -0.0699. The molecule has 2 fully saturated rings. The van der Waals surface area contributed by atoms with Crippen LogP contribution < -0.4 is 4.90 Å². The van der Waals surface area contributed by atoms with Crippen molar-refractivity contribution < 1.29 is 30.8 Å². The van der Waals surface area contributed by atoms with Crippen LogP contribution in [0.1, 0.15) is 30.4 Å². The fourth-order valence-electron chi connectivity index (χ4n) is 4.71. The molecule has 1 aromatic heterocycles. The zero-order valence-corrected chi connectivity index (χ0v) is 20.4. The summed E-state index contributed by atoms with van der Waals surface area (Å²) in [6.45, 7) is 1.51. The highest BCUT2D eigenvalue weighted by Crippen LogP contribution is 2.35. The standard InChI is InChI=1S/C23H24ClF4N3O3S/c1-35(33,34)18-3-2-14(20(25)12-18)10-15-4-9-31(22(15)32)17-5-7-30(8-6-17)21-19(24)11-16(13-29-21)23(26,27)28/h2-3,11-13,15,17H,4-10H2,1H3/t15-/m1/s1. The molecule has 1 aromatic carbocycles. The fraction of sp³-hybridized carbons (Fsp3) is 0.478. The van der Waals surface area contributed by atoms with Crippen molar-refractivity contribution in [1.29, 1.82) is 0 Å². The van der Waals surface area contributed by atoms with Crippen LogP contribution in [0, 0.1) is 11.7 Å². The lowest BCUT2D eigenvalue weighted by molar-refractivity contribution is -0.137. The summed E-state index contributed by atoms with van der Waals surface area (Å²) >= 11 is 6.07. The second kappa shape index (κ2) is 9.57. The number of amides is 1. The Morgan fingerprint density at radius 2 is 1.80 bits per heavy atom. The minimum Gasteiger partial charge on any atom is -0.355 e. The minimum atomic E-state index is -4.52. The number of pyridine rings is 1. The van der Waals surface area contributed by atoms with Gasteiger partial charge in [-0.1, -0.05) is 17.7 Å². The third-order valence-electron chi connectivity index (χ3n) is 6.62. The lowest BCUT2D eigenvalue weighted by Gasteiger charge is -2.37. The monoisotopic (exact) mass is 533 g/mol. The lowest BCUT2D eigenvalue weighted by atomic mass is 9.97. The van der Waals surface area contributed by atoms with Crippen molar-refractivity contribution in [3.63, 3.8) is 0 Å². The molecule has 2 saturated heterocycles. The van der Waals surface area contributed by atoms with Gasteiger partial charge in [0, 0.05) is 44.0 Å². The first-order chi connectivity index (χ1) is 16.3. The van der Waals surface area contributed by atoms with Gasteiger partial charge in [-0.3, -0.25) is 4.79 Å². The summed E-state index contributed by atoms with van der Waals surface area (Å²) < 4.78 is 76.3. The predicted octanol–water partition coefficient (Wildman–Crippen LogP) is 4.36. The first-order valence-corrected chi connectivity index (χ1v) is 13.4. The summed E-state index contributed by atoms with van der Waals surface area (Å²) in [6, 6.07) is 4.58. The molecule has 12 heteroatoms. The van der Waals surface area contributed by atoms with Gasteiger partial charge in [0.25, 0.3) is 0 Å². The first-order valence-electron chi connectivity index (χ1n) is 11.1. The highest BCUT2D eigenvalue weighted by molar-refractivity contribution is 7.90. The third kappa shape index (κ3) is 5.55. The van der Waals surface area contributed by atoms with Gasteiger partial charge in [0.05, 0.1) is 15.5 Å². The molecule has 0 unspecified atom stereocenters. The van der Waals surface area contributed by atoms with E-state index >= 15 is 0 Å². The van der Waals surface area contributed by atoms with Crippen LogP contribution in [0.25, 0.3) is 0 Å². The van der Waals surface area contributed by atoms with E-state index in [9.17, 15) is 30.8 Å².